The summed E-state index contributed by atoms with van der Waals surface area (Å²) in [5, 5.41) is 0. The number of allylic oxidation sites excluding steroid dienone is 1. The zero-order valence-corrected chi connectivity index (χ0v) is 19.2. The van der Waals surface area contributed by atoms with Gasteiger partial charge in [-0.25, -0.2) is 0 Å². The molecule has 4 aromatic rings. The summed E-state index contributed by atoms with van der Waals surface area (Å²) < 4.78 is 2.41. The molecule has 3 heteroatoms. The SMILES string of the molecule is Cc1ccccc1N1C=CN(c2ccccc2)C1CC1=C2C1c1ccccc1-c1cccc[n+]12. The van der Waals surface area contributed by atoms with Crippen LogP contribution in [0.2, 0.25) is 0 Å². The Kier molecular flexibility index (Phi) is 4.25. The first-order chi connectivity index (χ1) is 16.8. The minimum atomic E-state index is 0.191. The van der Waals surface area contributed by atoms with E-state index >= 15 is 0 Å². The third-order valence-corrected chi connectivity index (χ3v) is 7.42. The van der Waals surface area contributed by atoms with Gasteiger partial charge in [0.1, 0.15) is 6.17 Å². The number of para-hydroxylation sites is 2. The van der Waals surface area contributed by atoms with E-state index in [9.17, 15) is 0 Å². The number of pyridine rings is 1. The van der Waals surface area contributed by atoms with Crippen LogP contribution in [0.25, 0.3) is 17.0 Å². The maximum absolute atomic E-state index is 2.45. The number of aryl methyl sites for hydroxylation is 1. The van der Waals surface area contributed by atoms with Crippen LogP contribution in [0.15, 0.2) is 121 Å². The first-order valence-electron chi connectivity index (χ1n) is 12.0. The highest BCUT2D eigenvalue weighted by atomic mass is 15.4. The predicted molar refractivity (Wildman–Crippen MR) is 138 cm³/mol. The Labute approximate surface area is 200 Å². The lowest BCUT2D eigenvalue weighted by molar-refractivity contribution is -0.567. The van der Waals surface area contributed by atoms with Crippen LogP contribution in [-0.4, -0.2) is 6.17 Å². The van der Waals surface area contributed by atoms with E-state index < -0.39 is 0 Å². The molecule has 0 amide bonds. The van der Waals surface area contributed by atoms with Crippen molar-refractivity contribution in [1.82, 2.24) is 0 Å². The second-order valence-corrected chi connectivity index (χ2v) is 9.31. The highest BCUT2D eigenvalue weighted by Crippen LogP contribution is 2.56. The number of nitrogens with zero attached hydrogens (tertiary/aromatic N) is 3. The molecule has 0 bridgehead atoms. The first kappa shape index (κ1) is 19.4. The summed E-state index contributed by atoms with van der Waals surface area (Å²) in [4.78, 5) is 4.87. The molecule has 3 nitrogen and oxygen atoms in total. The lowest BCUT2D eigenvalue weighted by atomic mass is 9.94. The summed E-state index contributed by atoms with van der Waals surface area (Å²) in [6.45, 7) is 2.20. The molecule has 2 atom stereocenters. The van der Waals surface area contributed by atoms with Crippen LogP contribution in [-0.2, 0) is 0 Å². The molecule has 2 unspecified atom stereocenters. The smallest absolute Gasteiger partial charge is 0.218 e. The van der Waals surface area contributed by atoms with E-state index in [1.807, 2.05) is 0 Å². The fourth-order valence-electron chi connectivity index (χ4n) is 5.78. The Morgan fingerprint density at radius 1 is 0.735 bits per heavy atom. The largest absolute Gasteiger partial charge is 0.325 e. The van der Waals surface area contributed by atoms with Gasteiger partial charge >= 0.3 is 0 Å². The highest BCUT2D eigenvalue weighted by molar-refractivity contribution is 5.84. The van der Waals surface area contributed by atoms with Crippen LogP contribution in [0.3, 0.4) is 0 Å². The zero-order valence-electron chi connectivity index (χ0n) is 19.2. The molecule has 34 heavy (non-hydrogen) atoms. The van der Waals surface area contributed by atoms with E-state index in [4.69, 9.17) is 0 Å². The van der Waals surface area contributed by atoms with Gasteiger partial charge in [-0.05, 0) is 48.4 Å². The van der Waals surface area contributed by atoms with Crippen LogP contribution in [0, 0.1) is 6.92 Å². The van der Waals surface area contributed by atoms with Gasteiger partial charge in [-0.2, -0.15) is 4.57 Å². The number of benzene rings is 3. The van der Waals surface area contributed by atoms with E-state index in [-0.39, 0.29) is 6.17 Å². The maximum atomic E-state index is 2.45. The van der Waals surface area contributed by atoms with Gasteiger partial charge in [0, 0.05) is 47.9 Å². The standard InChI is InChI=1S/C31H26N3/c1-22-11-5-8-16-27(22)33-20-19-32(23-12-3-2-4-13-23)29(33)21-26-30-25-15-7-6-14-24(25)28-17-9-10-18-34(28)31(26)30/h2-20,29-30H,21H2,1H3/q+1. The average Bonchev–Trinajstić information content (AvgIpc) is 3.46. The Bertz CT molecular complexity index is 1470. The highest BCUT2D eigenvalue weighted by Gasteiger charge is 2.53. The zero-order chi connectivity index (χ0) is 22.6. The summed E-state index contributed by atoms with van der Waals surface area (Å²) in [7, 11) is 0. The second-order valence-electron chi connectivity index (χ2n) is 9.31. The average molecular weight is 441 g/mol. The number of rotatable bonds is 4. The molecule has 7 rings (SSSR count). The predicted octanol–water partition coefficient (Wildman–Crippen LogP) is 6.49. The normalized spacial score (nSPS) is 19.7. The van der Waals surface area contributed by atoms with Gasteiger partial charge in [0.25, 0.3) is 0 Å². The topological polar surface area (TPSA) is 10.4 Å². The second kappa shape index (κ2) is 7.46. The molecule has 3 aliphatic rings. The van der Waals surface area contributed by atoms with E-state index in [2.05, 4.69) is 137 Å². The number of hydrogen-bond acceptors (Lipinski definition) is 2. The van der Waals surface area contributed by atoms with Gasteiger partial charge < -0.3 is 9.80 Å². The van der Waals surface area contributed by atoms with Crippen molar-refractivity contribution in [3.8, 4) is 11.3 Å². The third-order valence-electron chi connectivity index (χ3n) is 7.42. The van der Waals surface area contributed by atoms with E-state index in [0.29, 0.717) is 5.92 Å². The van der Waals surface area contributed by atoms with Gasteiger partial charge in [0.15, 0.2) is 11.9 Å². The molecule has 1 aliphatic carbocycles. The van der Waals surface area contributed by atoms with Crippen molar-refractivity contribution in [2.45, 2.75) is 25.4 Å². The minimum absolute atomic E-state index is 0.191. The molecule has 3 heterocycles. The molecule has 164 valence electrons. The molecule has 0 saturated carbocycles. The van der Waals surface area contributed by atoms with Gasteiger partial charge in [-0.15, -0.1) is 0 Å². The van der Waals surface area contributed by atoms with Crippen LogP contribution in [0.5, 0.6) is 0 Å². The molecular weight excluding hydrogens is 414 g/mol. The molecule has 0 spiro atoms. The summed E-state index contributed by atoms with van der Waals surface area (Å²) >= 11 is 0. The number of anilines is 2. The van der Waals surface area contributed by atoms with Crippen molar-refractivity contribution >= 4 is 17.1 Å². The lowest BCUT2D eigenvalue weighted by Gasteiger charge is -2.33. The first-order valence-corrected chi connectivity index (χ1v) is 12.0. The van der Waals surface area contributed by atoms with Crippen molar-refractivity contribution in [3.05, 3.63) is 132 Å². The Morgan fingerprint density at radius 2 is 1.47 bits per heavy atom. The molecule has 0 N–H and O–H groups in total. The lowest BCUT2D eigenvalue weighted by Crippen LogP contribution is -2.39. The third kappa shape index (κ3) is 2.87. The summed E-state index contributed by atoms with van der Waals surface area (Å²) in [6.07, 6.45) is 7.87. The fourth-order valence-corrected chi connectivity index (χ4v) is 5.78. The molecule has 1 aromatic heterocycles. The van der Waals surface area contributed by atoms with Crippen LogP contribution in [0.1, 0.15) is 23.5 Å². The van der Waals surface area contributed by atoms with Gasteiger partial charge in [0.2, 0.25) is 5.69 Å². The van der Waals surface area contributed by atoms with Crippen LogP contribution >= 0.6 is 0 Å². The van der Waals surface area contributed by atoms with Crippen molar-refractivity contribution in [2.75, 3.05) is 9.80 Å². The van der Waals surface area contributed by atoms with Crippen LogP contribution < -0.4 is 14.4 Å². The maximum Gasteiger partial charge on any atom is 0.218 e. The summed E-state index contributed by atoms with van der Waals surface area (Å²) in [5.41, 5.74) is 10.9. The fraction of sp³-hybridized carbons (Fsp3) is 0.129. The van der Waals surface area contributed by atoms with Crippen molar-refractivity contribution in [3.63, 3.8) is 0 Å². The summed E-state index contributed by atoms with van der Waals surface area (Å²) in [5.74, 6) is 0.410. The quantitative estimate of drug-likeness (QED) is 0.336. The minimum Gasteiger partial charge on any atom is -0.325 e. The van der Waals surface area contributed by atoms with Crippen LogP contribution in [0.4, 0.5) is 11.4 Å². The Hall–Kier alpha value is -4.11. The van der Waals surface area contributed by atoms with Crippen molar-refractivity contribution < 1.29 is 4.57 Å². The molecule has 0 saturated heterocycles. The monoisotopic (exact) mass is 440 g/mol. The number of hydrogen-bond donors (Lipinski definition) is 0. The Morgan fingerprint density at radius 3 is 2.35 bits per heavy atom. The molecule has 3 aromatic carbocycles. The Balaban J connectivity index is 1.32. The molecular formula is C31H26N3+. The summed E-state index contributed by atoms with van der Waals surface area (Å²) in [6, 6.07) is 34.9. The van der Waals surface area contributed by atoms with E-state index in [1.165, 1.54) is 45.0 Å². The van der Waals surface area contributed by atoms with Crippen molar-refractivity contribution in [2.24, 2.45) is 0 Å². The van der Waals surface area contributed by atoms with Gasteiger partial charge in [-0.1, -0.05) is 54.6 Å². The molecule has 0 radical (unpaired) electrons. The molecule has 2 aliphatic heterocycles. The van der Waals surface area contributed by atoms with Gasteiger partial charge in [0.05, 0.1) is 11.5 Å². The number of fused-ring (bicyclic) bond motifs is 6. The number of aromatic nitrogens is 1. The van der Waals surface area contributed by atoms with Crippen molar-refractivity contribution in [1.29, 1.82) is 0 Å². The van der Waals surface area contributed by atoms with E-state index in [0.717, 1.165) is 6.42 Å². The van der Waals surface area contributed by atoms with Gasteiger partial charge in [-0.3, -0.25) is 0 Å². The molecule has 0 fully saturated rings. The van der Waals surface area contributed by atoms with E-state index in [1.54, 1.807) is 0 Å².